The minimum Gasteiger partial charge on any atom is -0.484 e. The highest BCUT2D eigenvalue weighted by Crippen LogP contribution is 2.68. The van der Waals surface area contributed by atoms with E-state index in [1.807, 2.05) is 0 Å². The van der Waals surface area contributed by atoms with E-state index in [1.54, 1.807) is 0 Å². The molecule has 2 fully saturated rings. The van der Waals surface area contributed by atoms with Crippen LogP contribution in [-0.4, -0.2) is 37.5 Å². The van der Waals surface area contributed by atoms with Gasteiger partial charge in [0.1, 0.15) is 12.0 Å². The smallest absolute Gasteiger partial charge is 0.340 e. The molecule has 0 radical (unpaired) electrons. The summed E-state index contributed by atoms with van der Waals surface area (Å²) in [7, 11) is 2.73. The normalized spacial score (nSPS) is 43.7. The van der Waals surface area contributed by atoms with Gasteiger partial charge in [0.25, 0.3) is 5.79 Å². The third kappa shape index (κ3) is 2.57. The molecule has 2 aliphatic carbocycles. The molecule has 4 aliphatic rings. The van der Waals surface area contributed by atoms with E-state index in [0.29, 0.717) is 23.7 Å². The summed E-state index contributed by atoms with van der Waals surface area (Å²) in [6.07, 6.45) is 5.45. The molecule has 0 bridgehead atoms. The molecule has 0 saturated heterocycles. The van der Waals surface area contributed by atoms with Gasteiger partial charge in [-0.05, 0) is 56.8 Å². The van der Waals surface area contributed by atoms with Gasteiger partial charge in [0.2, 0.25) is 0 Å². The number of methoxy groups -OCH3 is 2. The largest absolute Gasteiger partial charge is 0.484 e. The van der Waals surface area contributed by atoms with Crippen molar-refractivity contribution >= 4 is 11.9 Å². The van der Waals surface area contributed by atoms with Crippen LogP contribution in [0.4, 0.5) is 0 Å². The van der Waals surface area contributed by atoms with E-state index in [2.05, 4.69) is 27.4 Å². The van der Waals surface area contributed by atoms with Gasteiger partial charge in [0.05, 0.1) is 12.7 Å². The fourth-order valence-corrected chi connectivity index (χ4v) is 6.42. The second-order valence-corrected chi connectivity index (χ2v) is 9.80. The van der Waals surface area contributed by atoms with Crippen molar-refractivity contribution in [3.63, 3.8) is 0 Å². The van der Waals surface area contributed by atoms with E-state index >= 15 is 0 Å². The Kier molecular flexibility index (Phi) is 4.47. The highest BCUT2D eigenvalue weighted by molar-refractivity contribution is 5.93. The van der Waals surface area contributed by atoms with E-state index in [9.17, 15) is 9.59 Å². The average Bonchev–Trinajstić information content (AvgIpc) is 2.93. The Morgan fingerprint density at radius 1 is 1.21 bits per heavy atom. The molecular weight excluding hydrogens is 372 g/mol. The molecular formula is C23H32O6. The van der Waals surface area contributed by atoms with Crippen molar-refractivity contribution < 1.29 is 28.5 Å². The van der Waals surface area contributed by atoms with Gasteiger partial charge < -0.3 is 18.9 Å². The van der Waals surface area contributed by atoms with Gasteiger partial charge in [-0.3, -0.25) is 4.79 Å². The van der Waals surface area contributed by atoms with Crippen LogP contribution >= 0.6 is 0 Å². The topological polar surface area (TPSA) is 71.1 Å². The third-order valence-electron chi connectivity index (χ3n) is 8.58. The van der Waals surface area contributed by atoms with Gasteiger partial charge in [0.15, 0.2) is 5.76 Å². The SMILES string of the molecule is C=C1CCCC2[C@]3(C)CC4=C(O[C@]3(C)CC[C@]12C)C(CC(=O)OC)(OC)OC4=O. The Morgan fingerprint density at radius 2 is 1.93 bits per heavy atom. The van der Waals surface area contributed by atoms with Crippen LogP contribution in [-0.2, 0) is 28.5 Å². The molecule has 0 aromatic rings. The summed E-state index contributed by atoms with van der Waals surface area (Å²) >= 11 is 0. The first-order valence-corrected chi connectivity index (χ1v) is 10.5. The molecule has 2 aliphatic heterocycles. The number of hydrogen-bond acceptors (Lipinski definition) is 6. The number of hydrogen-bond donors (Lipinski definition) is 0. The Balaban J connectivity index is 1.79. The van der Waals surface area contributed by atoms with Crippen LogP contribution in [0.15, 0.2) is 23.5 Å². The number of allylic oxidation sites excluding steroid dienone is 1. The van der Waals surface area contributed by atoms with Crippen molar-refractivity contribution in [1.29, 1.82) is 0 Å². The first kappa shape index (κ1) is 20.5. The maximum Gasteiger partial charge on any atom is 0.340 e. The van der Waals surface area contributed by atoms with Crippen LogP contribution in [0.1, 0.15) is 65.7 Å². The summed E-state index contributed by atoms with van der Waals surface area (Å²) in [5, 5.41) is 0. The number of carbonyl (C=O) groups is 2. The van der Waals surface area contributed by atoms with Crippen molar-refractivity contribution in [2.45, 2.75) is 77.1 Å². The molecule has 0 amide bonds. The second kappa shape index (κ2) is 6.34. The number of ether oxygens (including phenoxy) is 4. The third-order valence-corrected chi connectivity index (χ3v) is 8.58. The quantitative estimate of drug-likeness (QED) is 0.522. The van der Waals surface area contributed by atoms with E-state index in [-0.39, 0.29) is 17.3 Å². The van der Waals surface area contributed by atoms with Gasteiger partial charge in [-0.2, -0.15) is 0 Å². The Labute approximate surface area is 172 Å². The zero-order valence-electron chi connectivity index (χ0n) is 18.2. The molecule has 6 heteroatoms. The van der Waals surface area contributed by atoms with Gasteiger partial charge in [0, 0.05) is 12.5 Å². The lowest BCUT2D eigenvalue weighted by Crippen LogP contribution is -2.62. The van der Waals surface area contributed by atoms with Gasteiger partial charge in [-0.25, -0.2) is 4.79 Å². The molecule has 4 rings (SSSR count). The molecule has 2 saturated carbocycles. The molecule has 160 valence electrons. The number of rotatable bonds is 3. The van der Waals surface area contributed by atoms with Crippen molar-refractivity contribution in [1.82, 2.24) is 0 Å². The standard InChI is InChI=1S/C23H32O6/c1-14-8-7-9-16-20(14,2)10-11-22(4)21(16,3)12-15-18(28-22)23(27-6,29-19(15)25)13-17(24)26-5/h16H,1,7-13H2,2-6H3/t16?,20-,21+,22-,23?/m1/s1. The van der Waals surface area contributed by atoms with Gasteiger partial charge in [-0.15, -0.1) is 0 Å². The summed E-state index contributed by atoms with van der Waals surface area (Å²) < 4.78 is 22.6. The molecule has 0 aromatic heterocycles. The summed E-state index contributed by atoms with van der Waals surface area (Å²) in [5.41, 5.74) is 1.15. The van der Waals surface area contributed by atoms with Crippen LogP contribution in [0, 0.1) is 16.7 Å². The van der Waals surface area contributed by atoms with E-state index in [4.69, 9.17) is 18.9 Å². The maximum absolute atomic E-state index is 12.9. The van der Waals surface area contributed by atoms with E-state index < -0.39 is 23.3 Å². The Morgan fingerprint density at radius 3 is 2.59 bits per heavy atom. The lowest BCUT2D eigenvalue weighted by molar-refractivity contribution is -0.240. The van der Waals surface area contributed by atoms with Gasteiger partial charge >= 0.3 is 11.9 Å². The molecule has 0 aromatic carbocycles. The first-order chi connectivity index (χ1) is 13.6. The predicted molar refractivity (Wildman–Crippen MR) is 106 cm³/mol. The van der Waals surface area contributed by atoms with Crippen LogP contribution in [0.2, 0.25) is 0 Å². The fourth-order valence-electron chi connectivity index (χ4n) is 6.42. The molecule has 29 heavy (non-hydrogen) atoms. The number of carbonyl (C=O) groups excluding carboxylic acids is 2. The predicted octanol–water partition coefficient (Wildman–Crippen LogP) is 4.04. The second-order valence-electron chi connectivity index (χ2n) is 9.80. The minimum absolute atomic E-state index is 0.0564. The van der Waals surface area contributed by atoms with Crippen molar-refractivity contribution in [2.24, 2.45) is 16.7 Å². The van der Waals surface area contributed by atoms with E-state index in [0.717, 1.165) is 32.1 Å². The number of fused-ring (bicyclic) bond motifs is 3. The summed E-state index contributed by atoms with van der Waals surface area (Å²) in [6.45, 7) is 11.1. The number of cyclic esters (lactones) is 1. The average molecular weight is 405 g/mol. The lowest BCUT2D eigenvalue weighted by Gasteiger charge is -2.64. The van der Waals surface area contributed by atoms with Crippen molar-refractivity contribution in [3.8, 4) is 0 Å². The van der Waals surface area contributed by atoms with Crippen molar-refractivity contribution in [2.75, 3.05) is 14.2 Å². The zero-order valence-corrected chi connectivity index (χ0v) is 18.2. The highest BCUT2D eigenvalue weighted by atomic mass is 16.7. The highest BCUT2D eigenvalue weighted by Gasteiger charge is 2.67. The summed E-state index contributed by atoms with van der Waals surface area (Å²) in [5.74, 6) is -1.80. The first-order valence-electron chi connectivity index (χ1n) is 10.5. The summed E-state index contributed by atoms with van der Waals surface area (Å²) in [4.78, 5) is 24.9. The van der Waals surface area contributed by atoms with Crippen LogP contribution in [0.5, 0.6) is 0 Å². The van der Waals surface area contributed by atoms with Crippen molar-refractivity contribution in [3.05, 3.63) is 23.5 Å². The molecule has 6 nitrogen and oxygen atoms in total. The number of esters is 2. The minimum atomic E-state index is -1.54. The maximum atomic E-state index is 12.9. The molecule has 0 spiro atoms. The Hall–Kier alpha value is -1.82. The molecule has 2 heterocycles. The summed E-state index contributed by atoms with van der Waals surface area (Å²) in [6, 6.07) is 0. The lowest BCUT2D eigenvalue weighted by atomic mass is 9.44. The fraction of sp³-hybridized carbons (Fsp3) is 0.739. The van der Waals surface area contributed by atoms with Crippen LogP contribution < -0.4 is 0 Å². The monoisotopic (exact) mass is 404 g/mol. The zero-order chi connectivity index (χ0) is 21.2. The van der Waals surface area contributed by atoms with Crippen LogP contribution in [0.25, 0.3) is 0 Å². The van der Waals surface area contributed by atoms with E-state index in [1.165, 1.54) is 19.8 Å². The van der Waals surface area contributed by atoms with Crippen LogP contribution in [0.3, 0.4) is 0 Å². The Bertz CT molecular complexity index is 814. The molecule has 5 atom stereocenters. The molecule has 2 unspecified atom stereocenters. The van der Waals surface area contributed by atoms with Gasteiger partial charge in [-0.1, -0.05) is 26.0 Å². The molecule has 0 N–H and O–H groups in total.